The zero-order chi connectivity index (χ0) is 32.3. The molecule has 9 nitrogen and oxygen atoms in total. The van der Waals surface area contributed by atoms with Gasteiger partial charge >= 0.3 is 6.61 Å². The number of hydrogen-bond acceptors (Lipinski definition) is 7. The minimum atomic E-state index is -2.86. The molecule has 11 heteroatoms. The van der Waals surface area contributed by atoms with E-state index in [1.54, 1.807) is 45.5 Å². The molecule has 2 saturated heterocycles. The molecule has 2 fully saturated rings. The summed E-state index contributed by atoms with van der Waals surface area (Å²) in [5, 5.41) is 2.98. The number of ether oxygens (including phenoxy) is 5. The standard InChI is InChI=1S/C21H23F2NO4.C13H17NO3/c1-26-17-6-4-7-18(27-2)20(17)16-5-3-8-19(25)24(16)13-14-9-11-15(12-10-14)28-21(22)23;1-16-10-6-4-7-11(17-2)13(10)9-5-3-8-12(15)14-9/h4,6-7,9-12,16,21H,3,5,8,13H2,1-2H3;4,6-7,9H,3,5,8H2,1-2H3,(H,14,15). The van der Waals surface area contributed by atoms with Crippen LogP contribution in [0.25, 0.3) is 0 Å². The Kier molecular flexibility index (Phi) is 11.8. The molecule has 5 rings (SSSR count). The molecular weight excluding hydrogens is 586 g/mol. The molecule has 3 aromatic rings. The first-order valence-corrected chi connectivity index (χ1v) is 14.8. The van der Waals surface area contributed by atoms with Crippen molar-refractivity contribution >= 4 is 11.8 Å². The lowest BCUT2D eigenvalue weighted by molar-refractivity contribution is -0.137. The normalized spacial score (nSPS) is 18.0. The van der Waals surface area contributed by atoms with Crippen LogP contribution in [0.3, 0.4) is 0 Å². The lowest BCUT2D eigenvalue weighted by Crippen LogP contribution is -2.38. The fourth-order valence-electron chi connectivity index (χ4n) is 5.84. The Balaban J connectivity index is 0.000000231. The van der Waals surface area contributed by atoms with E-state index in [0.717, 1.165) is 53.9 Å². The van der Waals surface area contributed by atoms with Crippen molar-refractivity contribution in [1.29, 1.82) is 0 Å². The Bertz CT molecular complexity index is 1390. The molecule has 0 aromatic heterocycles. The van der Waals surface area contributed by atoms with Gasteiger partial charge in [0.15, 0.2) is 0 Å². The summed E-state index contributed by atoms with van der Waals surface area (Å²) in [6.07, 6.45) is 4.46. The van der Waals surface area contributed by atoms with Crippen molar-refractivity contribution in [2.24, 2.45) is 0 Å². The molecule has 0 saturated carbocycles. The number of likely N-dealkylation sites (tertiary alicyclic amines) is 1. The molecule has 2 aliphatic heterocycles. The molecule has 2 aliphatic rings. The third-order valence-electron chi connectivity index (χ3n) is 7.91. The highest BCUT2D eigenvalue weighted by Gasteiger charge is 2.33. The van der Waals surface area contributed by atoms with Crippen LogP contribution in [0.4, 0.5) is 8.78 Å². The van der Waals surface area contributed by atoms with Gasteiger partial charge in [0.05, 0.1) is 51.6 Å². The number of rotatable bonds is 10. The number of nitrogens with zero attached hydrogens (tertiary/aromatic N) is 1. The zero-order valence-corrected chi connectivity index (χ0v) is 26.0. The fourth-order valence-corrected chi connectivity index (χ4v) is 5.84. The summed E-state index contributed by atoms with van der Waals surface area (Å²) in [7, 11) is 6.44. The van der Waals surface area contributed by atoms with Crippen LogP contribution < -0.4 is 29.0 Å². The first-order chi connectivity index (χ1) is 21.8. The van der Waals surface area contributed by atoms with Crippen molar-refractivity contribution in [3.63, 3.8) is 0 Å². The Hall–Kier alpha value is -4.54. The van der Waals surface area contributed by atoms with E-state index in [0.29, 0.717) is 30.9 Å². The van der Waals surface area contributed by atoms with E-state index < -0.39 is 6.61 Å². The van der Waals surface area contributed by atoms with Gasteiger partial charge in [0.1, 0.15) is 28.7 Å². The van der Waals surface area contributed by atoms with E-state index in [2.05, 4.69) is 10.1 Å². The predicted octanol–water partition coefficient (Wildman–Crippen LogP) is 6.60. The van der Waals surface area contributed by atoms with Gasteiger partial charge in [-0.25, -0.2) is 0 Å². The topological polar surface area (TPSA) is 95.6 Å². The molecule has 0 spiro atoms. The minimum absolute atomic E-state index is 0.0117. The van der Waals surface area contributed by atoms with Crippen LogP contribution in [-0.4, -0.2) is 51.8 Å². The van der Waals surface area contributed by atoms with Gasteiger partial charge in [-0.05, 0) is 67.6 Å². The molecule has 2 heterocycles. The van der Waals surface area contributed by atoms with Crippen molar-refractivity contribution in [1.82, 2.24) is 10.2 Å². The number of carbonyl (C=O) groups excluding carboxylic acids is 2. The number of halogens is 2. The highest BCUT2D eigenvalue weighted by Crippen LogP contribution is 2.42. The van der Waals surface area contributed by atoms with E-state index in [9.17, 15) is 18.4 Å². The Labute approximate surface area is 262 Å². The molecule has 1 N–H and O–H groups in total. The minimum Gasteiger partial charge on any atom is -0.496 e. The summed E-state index contributed by atoms with van der Waals surface area (Å²) in [5.41, 5.74) is 2.61. The third-order valence-corrected chi connectivity index (χ3v) is 7.91. The van der Waals surface area contributed by atoms with Gasteiger partial charge in [0.25, 0.3) is 0 Å². The average molecular weight is 627 g/mol. The first-order valence-electron chi connectivity index (χ1n) is 14.8. The van der Waals surface area contributed by atoms with Crippen molar-refractivity contribution < 1.29 is 42.1 Å². The summed E-state index contributed by atoms with van der Waals surface area (Å²) < 4.78 is 50.8. The molecule has 2 amide bonds. The summed E-state index contributed by atoms with van der Waals surface area (Å²) in [6.45, 7) is -2.50. The largest absolute Gasteiger partial charge is 0.496 e. The average Bonchev–Trinajstić information content (AvgIpc) is 3.05. The maximum Gasteiger partial charge on any atom is 0.387 e. The van der Waals surface area contributed by atoms with Crippen LogP contribution >= 0.6 is 0 Å². The number of hydrogen-bond donors (Lipinski definition) is 1. The second kappa shape index (κ2) is 16.0. The van der Waals surface area contributed by atoms with Gasteiger partial charge in [-0.2, -0.15) is 8.78 Å². The van der Waals surface area contributed by atoms with E-state index in [-0.39, 0.29) is 29.6 Å². The van der Waals surface area contributed by atoms with Gasteiger partial charge in [-0.3, -0.25) is 9.59 Å². The van der Waals surface area contributed by atoms with Crippen LogP contribution in [0.5, 0.6) is 28.7 Å². The number of carbonyl (C=O) groups is 2. The third kappa shape index (κ3) is 8.34. The number of alkyl halides is 2. The lowest BCUT2D eigenvalue weighted by Gasteiger charge is -2.37. The fraction of sp³-hybridized carbons (Fsp3) is 0.412. The van der Waals surface area contributed by atoms with E-state index >= 15 is 0 Å². The van der Waals surface area contributed by atoms with Gasteiger partial charge in [-0.1, -0.05) is 24.3 Å². The SMILES string of the molecule is COc1cccc(OC)c1C1CCCC(=O)N1.COc1cccc(OC)c1C1CCCC(=O)N1Cc1ccc(OC(F)F)cc1. The predicted molar refractivity (Wildman–Crippen MR) is 164 cm³/mol. The lowest BCUT2D eigenvalue weighted by atomic mass is 9.92. The molecule has 3 aromatic carbocycles. The van der Waals surface area contributed by atoms with Crippen molar-refractivity contribution in [2.45, 2.75) is 63.8 Å². The van der Waals surface area contributed by atoms with Crippen LogP contribution in [-0.2, 0) is 16.1 Å². The maximum atomic E-state index is 12.7. The summed E-state index contributed by atoms with van der Waals surface area (Å²) in [6, 6.07) is 17.3. The Morgan fingerprint density at radius 3 is 1.80 bits per heavy atom. The van der Waals surface area contributed by atoms with Gasteiger partial charge in [0, 0.05) is 19.4 Å². The molecule has 2 atom stereocenters. The summed E-state index contributed by atoms with van der Waals surface area (Å²) >= 11 is 0. The first kappa shape index (κ1) is 33.4. The van der Waals surface area contributed by atoms with Crippen LogP contribution in [0.15, 0.2) is 60.7 Å². The van der Waals surface area contributed by atoms with Gasteiger partial charge in [0.2, 0.25) is 11.8 Å². The van der Waals surface area contributed by atoms with E-state index in [4.69, 9.17) is 18.9 Å². The van der Waals surface area contributed by atoms with Crippen LogP contribution in [0, 0.1) is 0 Å². The number of nitrogens with one attached hydrogen (secondary N) is 1. The second-order valence-corrected chi connectivity index (χ2v) is 10.6. The van der Waals surface area contributed by atoms with E-state index in [1.807, 2.05) is 36.4 Å². The summed E-state index contributed by atoms with van der Waals surface area (Å²) in [4.78, 5) is 26.0. The Morgan fingerprint density at radius 2 is 1.29 bits per heavy atom. The van der Waals surface area contributed by atoms with Gasteiger partial charge < -0.3 is 33.9 Å². The number of methoxy groups -OCH3 is 4. The quantitative estimate of drug-likeness (QED) is 0.271. The molecule has 0 radical (unpaired) electrons. The molecule has 242 valence electrons. The highest BCUT2D eigenvalue weighted by atomic mass is 19.3. The molecule has 0 bridgehead atoms. The van der Waals surface area contributed by atoms with Crippen molar-refractivity contribution in [3.05, 3.63) is 77.4 Å². The number of piperidine rings is 2. The van der Waals surface area contributed by atoms with Gasteiger partial charge in [-0.15, -0.1) is 0 Å². The molecular formula is C34H40F2N2O7. The second-order valence-electron chi connectivity index (χ2n) is 10.6. The number of benzene rings is 3. The van der Waals surface area contributed by atoms with Crippen molar-refractivity contribution in [3.8, 4) is 28.7 Å². The molecule has 2 unspecified atom stereocenters. The van der Waals surface area contributed by atoms with Crippen LogP contribution in [0.1, 0.15) is 67.3 Å². The molecule has 45 heavy (non-hydrogen) atoms. The number of amides is 2. The zero-order valence-electron chi connectivity index (χ0n) is 26.0. The highest BCUT2D eigenvalue weighted by molar-refractivity contribution is 5.78. The van der Waals surface area contributed by atoms with E-state index in [1.165, 1.54) is 12.1 Å². The summed E-state index contributed by atoms with van der Waals surface area (Å²) in [5.74, 6) is 3.08. The van der Waals surface area contributed by atoms with Crippen LogP contribution in [0.2, 0.25) is 0 Å². The smallest absolute Gasteiger partial charge is 0.387 e. The molecule has 0 aliphatic carbocycles. The Morgan fingerprint density at radius 1 is 0.756 bits per heavy atom. The maximum absolute atomic E-state index is 12.7. The van der Waals surface area contributed by atoms with Crippen molar-refractivity contribution in [2.75, 3.05) is 28.4 Å². The monoisotopic (exact) mass is 626 g/mol.